The molecule has 10 heteroatoms. The number of anilines is 2. The number of carbonyl (C=O) groups excluding carboxylic acids is 2. The molecule has 9 nitrogen and oxygen atoms in total. The standard InChI is InChI=1S/C20H17N5O4S/c26-17(21-13-6-7-15-16(10-13)29-12-28-15)11-30-20-23-22-18-19(27)24(8-9-25(18)20)14-4-2-1-3-5-14/h1-10,18,22H,11-12H2,(H,21,26). The normalized spacial score (nSPS) is 18.7. The van der Waals surface area contributed by atoms with Crippen LogP contribution in [-0.4, -0.2) is 40.6 Å². The molecule has 2 N–H and O–H groups in total. The Balaban J connectivity index is 1.20. The fourth-order valence-corrected chi connectivity index (χ4v) is 3.99. The average Bonchev–Trinajstić information content (AvgIpc) is 3.40. The number of carbonyl (C=O) groups is 2. The van der Waals surface area contributed by atoms with Crippen LogP contribution in [0.2, 0.25) is 0 Å². The smallest absolute Gasteiger partial charge is 0.276 e. The molecule has 0 spiro atoms. The Morgan fingerprint density at radius 3 is 2.87 bits per heavy atom. The molecule has 3 heterocycles. The molecule has 1 atom stereocenters. The number of amidine groups is 1. The van der Waals surface area contributed by atoms with Crippen LogP contribution < -0.4 is 25.1 Å². The zero-order valence-corrected chi connectivity index (χ0v) is 16.5. The molecular formula is C20H17N5O4S. The van der Waals surface area contributed by atoms with Crippen molar-refractivity contribution >= 4 is 40.1 Å². The summed E-state index contributed by atoms with van der Waals surface area (Å²) in [5.74, 6) is 1.07. The monoisotopic (exact) mass is 423 g/mol. The fraction of sp³-hybridized carbons (Fsp3) is 0.150. The van der Waals surface area contributed by atoms with Crippen LogP contribution in [0.25, 0.3) is 0 Å². The summed E-state index contributed by atoms with van der Waals surface area (Å²) < 4.78 is 10.6. The number of amides is 2. The summed E-state index contributed by atoms with van der Waals surface area (Å²) in [6.07, 6.45) is 2.85. The first-order chi connectivity index (χ1) is 14.7. The third-order valence-electron chi connectivity index (χ3n) is 4.65. The molecular weight excluding hydrogens is 406 g/mol. The number of thioether (sulfide) groups is 1. The molecule has 2 aromatic rings. The van der Waals surface area contributed by atoms with Gasteiger partial charge in [-0.15, -0.1) is 0 Å². The molecule has 1 unspecified atom stereocenters. The third kappa shape index (κ3) is 3.41. The zero-order valence-electron chi connectivity index (χ0n) is 15.6. The predicted octanol–water partition coefficient (Wildman–Crippen LogP) is 2.11. The molecule has 0 saturated carbocycles. The van der Waals surface area contributed by atoms with Crippen molar-refractivity contribution in [3.05, 3.63) is 60.9 Å². The Bertz CT molecular complexity index is 1060. The van der Waals surface area contributed by atoms with E-state index in [1.807, 2.05) is 30.3 Å². The van der Waals surface area contributed by atoms with Crippen LogP contribution in [0, 0.1) is 0 Å². The van der Waals surface area contributed by atoms with Crippen molar-refractivity contribution in [3.63, 3.8) is 0 Å². The Kier molecular flexibility index (Phi) is 4.68. The molecule has 3 aliphatic rings. The molecule has 3 aliphatic heterocycles. The largest absolute Gasteiger partial charge is 0.454 e. The highest BCUT2D eigenvalue weighted by Gasteiger charge is 2.38. The van der Waals surface area contributed by atoms with Crippen LogP contribution in [0.1, 0.15) is 0 Å². The van der Waals surface area contributed by atoms with Gasteiger partial charge >= 0.3 is 0 Å². The van der Waals surface area contributed by atoms with Crippen LogP contribution in [-0.2, 0) is 9.59 Å². The van der Waals surface area contributed by atoms with Gasteiger partial charge in [0.25, 0.3) is 5.91 Å². The van der Waals surface area contributed by atoms with Gasteiger partial charge in [-0.2, -0.15) is 5.10 Å². The van der Waals surface area contributed by atoms with Crippen molar-refractivity contribution < 1.29 is 19.1 Å². The molecule has 152 valence electrons. The molecule has 0 fully saturated rings. The summed E-state index contributed by atoms with van der Waals surface area (Å²) in [5.41, 5.74) is 4.26. The Morgan fingerprint density at radius 2 is 2.00 bits per heavy atom. The molecule has 0 bridgehead atoms. The van der Waals surface area contributed by atoms with Gasteiger partial charge in [-0.3, -0.25) is 24.8 Å². The van der Waals surface area contributed by atoms with Gasteiger partial charge in [-0.05, 0) is 24.3 Å². The number of hydrogen-bond donors (Lipinski definition) is 2. The molecule has 5 rings (SSSR count). The second-order valence-electron chi connectivity index (χ2n) is 6.58. The summed E-state index contributed by atoms with van der Waals surface area (Å²) in [4.78, 5) is 28.4. The Labute approximate surface area is 176 Å². The van der Waals surface area contributed by atoms with E-state index in [2.05, 4.69) is 15.8 Å². The minimum absolute atomic E-state index is 0.141. The molecule has 0 radical (unpaired) electrons. The van der Waals surface area contributed by atoms with E-state index in [0.29, 0.717) is 22.4 Å². The first-order valence-corrected chi connectivity index (χ1v) is 10.2. The SMILES string of the molecule is O=C(CSC1=NNC2C(=O)N(c3ccccc3)C=CN12)Nc1ccc2c(c1)OCO2. The Morgan fingerprint density at radius 1 is 1.17 bits per heavy atom. The van der Waals surface area contributed by atoms with E-state index in [0.717, 1.165) is 5.69 Å². The maximum atomic E-state index is 12.8. The molecule has 2 amide bonds. The van der Waals surface area contributed by atoms with Crippen LogP contribution in [0.3, 0.4) is 0 Å². The van der Waals surface area contributed by atoms with Gasteiger partial charge in [0.2, 0.25) is 18.9 Å². The number of benzene rings is 2. The second-order valence-corrected chi connectivity index (χ2v) is 7.52. The number of rotatable bonds is 4. The van der Waals surface area contributed by atoms with Gasteiger partial charge < -0.3 is 14.8 Å². The van der Waals surface area contributed by atoms with Gasteiger partial charge in [-0.1, -0.05) is 30.0 Å². The quantitative estimate of drug-likeness (QED) is 0.778. The van der Waals surface area contributed by atoms with E-state index < -0.39 is 6.17 Å². The van der Waals surface area contributed by atoms with Crippen LogP contribution in [0.15, 0.2) is 66.0 Å². The first-order valence-electron chi connectivity index (χ1n) is 9.19. The second kappa shape index (κ2) is 7.64. The highest BCUT2D eigenvalue weighted by molar-refractivity contribution is 8.14. The van der Waals surface area contributed by atoms with Crippen LogP contribution in [0.4, 0.5) is 11.4 Å². The Hall–Kier alpha value is -3.66. The van der Waals surface area contributed by atoms with Gasteiger partial charge in [-0.25, -0.2) is 0 Å². The van der Waals surface area contributed by atoms with E-state index in [-0.39, 0.29) is 24.4 Å². The van der Waals surface area contributed by atoms with Gasteiger partial charge in [0.1, 0.15) is 0 Å². The van der Waals surface area contributed by atoms with E-state index >= 15 is 0 Å². The molecule has 2 aromatic carbocycles. The van der Waals surface area contributed by atoms with Crippen molar-refractivity contribution in [2.75, 3.05) is 22.8 Å². The van der Waals surface area contributed by atoms with E-state index in [4.69, 9.17) is 9.47 Å². The van der Waals surface area contributed by atoms with E-state index in [1.54, 1.807) is 40.4 Å². The van der Waals surface area contributed by atoms with Gasteiger partial charge in [0.05, 0.1) is 5.75 Å². The van der Waals surface area contributed by atoms with Crippen molar-refractivity contribution in [3.8, 4) is 11.5 Å². The maximum absolute atomic E-state index is 12.8. The number of hydrazone groups is 1. The van der Waals surface area contributed by atoms with Crippen molar-refractivity contribution in [1.29, 1.82) is 0 Å². The number of nitrogens with zero attached hydrogens (tertiary/aromatic N) is 3. The summed E-state index contributed by atoms with van der Waals surface area (Å²) in [7, 11) is 0. The zero-order chi connectivity index (χ0) is 20.5. The number of nitrogens with one attached hydrogen (secondary N) is 2. The topological polar surface area (TPSA) is 95.5 Å². The van der Waals surface area contributed by atoms with Crippen LogP contribution >= 0.6 is 11.8 Å². The van der Waals surface area contributed by atoms with Crippen molar-refractivity contribution in [2.45, 2.75) is 6.17 Å². The molecule has 0 saturated heterocycles. The predicted molar refractivity (Wildman–Crippen MR) is 113 cm³/mol. The fourth-order valence-electron chi connectivity index (χ4n) is 3.22. The number of fused-ring (bicyclic) bond motifs is 2. The highest BCUT2D eigenvalue weighted by Crippen LogP contribution is 2.34. The summed E-state index contributed by atoms with van der Waals surface area (Å²) in [5, 5.41) is 7.60. The van der Waals surface area contributed by atoms with Crippen LogP contribution in [0.5, 0.6) is 11.5 Å². The molecule has 30 heavy (non-hydrogen) atoms. The summed E-state index contributed by atoms with van der Waals surface area (Å²) >= 11 is 1.25. The lowest BCUT2D eigenvalue weighted by molar-refractivity contribution is -0.122. The summed E-state index contributed by atoms with van der Waals surface area (Å²) in [6.45, 7) is 0.181. The van der Waals surface area contributed by atoms with E-state index in [9.17, 15) is 9.59 Å². The molecule has 0 aromatic heterocycles. The number of para-hydroxylation sites is 1. The lowest BCUT2D eigenvalue weighted by Gasteiger charge is -2.31. The lowest BCUT2D eigenvalue weighted by atomic mass is 10.2. The lowest BCUT2D eigenvalue weighted by Crippen LogP contribution is -2.52. The third-order valence-corrected chi connectivity index (χ3v) is 5.62. The maximum Gasteiger partial charge on any atom is 0.276 e. The minimum atomic E-state index is -0.630. The minimum Gasteiger partial charge on any atom is -0.454 e. The highest BCUT2D eigenvalue weighted by atomic mass is 32.2. The van der Waals surface area contributed by atoms with Gasteiger partial charge in [0.15, 0.2) is 16.7 Å². The average molecular weight is 423 g/mol. The number of hydrogen-bond acceptors (Lipinski definition) is 8. The molecule has 0 aliphatic carbocycles. The van der Waals surface area contributed by atoms with Crippen molar-refractivity contribution in [1.82, 2.24) is 10.3 Å². The van der Waals surface area contributed by atoms with Crippen molar-refractivity contribution in [2.24, 2.45) is 5.10 Å². The van der Waals surface area contributed by atoms with Gasteiger partial charge in [0, 0.05) is 29.8 Å². The number of ether oxygens (including phenoxy) is 2. The summed E-state index contributed by atoms with van der Waals surface area (Å²) in [6, 6.07) is 14.6. The van der Waals surface area contributed by atoms with E-state index in [1.165, 1.54) is 11.8 Å². The first kappa shape index (κ1) is 18.4.